The number of aliphatic carboxylic acids is 2. The van der Waals surface area contributed by atoms with E-state index >= 15 is 0 Å². The fourth-order valence-electron chi connectivity index (χ4n) is 13.2. The molecule has 6 aliphatic rings. The number of nitrogens with zero attached hydrogens (tertiary/aromatic N) is 9. The summed E-state index contributed by atoms with van der Waals surface area (Å²) in [6, 6.07) is 13.7. The predicted octanol–water partition coefficient (Wildman–Crippen LogP) is 5.42. The number of nitrogens with one attached hydrogen (secondary N) is 1. The van der Waals surface area contributed by atoms with E-state index in [9.17, 15) is 37.2 Å². The number of carbonyl (C=O) groups is 6. The van der Waals surface area contributed by atoms with Crippen molar-refractivity contribution in [1.29, 1.82) is 0 Å². The number of rotatable bonds is 24. The van der Waals surface area contributed by atoms with E-state index in [1.807, 2.05) is 48.0 Å². The highest BCUT2D eigenvalue weighted by Gasteiger charge is 2.42. The van der Waals surface area contributed by atoms with E-state index in [0.717, 1.165) is 94.7 Å². The Kier molecular flexibility index (Phi) is 30.5. The van der Waals surface area contributed by atoms with Crippen molar-refractivity contribution in [3.05, 3.63) is 101 Å². The van der Waals surface area contributed by atoms with E-state index in [1.165, 1.54) is 19.1 Å². The molecule has 0 aliphatic carbocycles. The highest BCUT2D eigenvalue weighted by Crippen LogP contribution is 2.29. The van der Waals surface area contributed by atoms with Crippen LogP contribution < -0.4 is 10.5 Å². The average molecular weight is 1450 g/mol. The first-order valence-corrected chi connectivity index (χ1v) is 36.2. The van der Waals surface area contributed by atoms with Gasteiger partial charge >= 0.3 is 17.9 Å². The lowest BCUT2D eigenvalue weighted by Crippen LogP contribution is -2.65. The van der Waals surface area contributed by atoms with Crippen molar-refractivity contribution in [2.75, 3.05) is 152 Å². The van der Waals surface area contributed by atoms with Gasteiger partial charge in [0.1, 0.15) is 19.3 Å². The zero-order chi connectivity index (χ0) is 68.4. The third-order valence-electron chi connectivity index (χ3n) is 18.4. The quantitative estimate of drug-likeness (QED) is 0.0816. The highest BCUT2D eigenvalue weighted by atomic mass is 35.5. The number of halogens is 6. The molecule has 0 radical (unpaired) electrons. The standard InChI is InChI=1S/C23H32Cl2N4O5.C21H29Cl2N3O4.C20H30Cl2N4O3S/c1-27-8-9-29(21(30)11-15-4-5-16(24)17(25)10-15)19(13-28-6-2-3-7-28)20(27)14-34-23(33)18(26)12-22(31)32;1-24-8-9-26(20(27)11-15-4-5-16(22)17(23)10-15)18(12-25-6-2-3-7-25)19(24)13-30-14-21(28)29;1-24-9-10-26(20(27)12-15-5-6-16(21)17(22)11-15)19(14-25-7-3-4-8-25)18(24)13-23-30(2,28)29/h4-5,10,18-20H,2-3,6-9,11-14,26H2,1H3,(H,31,32);4-5,10,18-19H,2-3,6-9,11-14H2,1H3,(H,28,29);5-6,11,18-19,23H,3-4,7-10,12-14H2,1-2H3/t18-,19+,20-;2*18-,19+/m010/s1. The number of likely N-dealkylation sites (tertiary alicyclic amines) is 3. The largest absolute Gasteiger partial charge is 0.481 e. The lowest BCUT2D eigenvalue weighted by atomic mass is 9.99. The van der Waals surface area contributed by atoms with Crippen LogP contribution in [0.4, 0.5) is 0 Å². The Morgan fingerprint density at radius 1 is 0.500 bits per heavy atom. The molecule has 3 aromatic rings. The monoisotopic (exact) mass is 1450 g/mol. The first kappa shape index (κ1) is 77.2. The lowest BCUT2D eigenvalue weighted by Gasteiger charge is -2.47. The minimum atomic E-state index is -3.31. The number of hydrogen-bond acceptors (Lipinski definition) is 17. The van der Waals surface area contributed by atoms with Gasteiger partial charge in [0, 0.05) is 71.5 Å². The van der Waals surface area contributed by atoms with E-state index in [1.54, 1.807) is 42.5 Å². The van der Waals surface area contributed by atoms with Gasteiger partial charge in [0.2, 0.25) is 27.7 Å². The van der Waals surface area contributed by atoms with Crippen molar-refractivity contribution >= 4 is 115 Å². The molecule has 0 unspecified atom stereocenters. The van der Waals surface area contributed by atoms with Gasteiger partial charge in [-0.1, -0.05) is 87.8 Å². The normalized spacial score (nSPS) is 23.1. The Bertz CT molecular complexity index is 3170. The van der Waals surface area contributed by atoms with Crippen LogP contribution in [0.2, 0.25) is 30.1 Å². The molecule has 6 heterocycles. The number of piperazine rings is 3. The fraction of sp³-hybridized carbons (Fsp3) is 0.625. The number of carbonyl (C=O) groups excluding carboxylic acids is 4. The molecule has 7 atom stereocenters. The number of amides is 3. The van der Waals surface area contributed by atoms with Crippen LogP contribution in [0.5, 0.6) is 0 Å². The molecule has 6 saturated heterocycles. The second-order valence-electron chi connectivity index (χ2n) is 25.3. The van der Waals surface area contributed by atoms with Crippen molar-refractivity contribution in [2.45, 2.75) is 107 Å². The summed E-state index contributed by atoms with van der Waals surface area (Å²) in [6.45, 7) is 12.3. The average Bonchev–Trinajstić information content (AvgIpc) is 1.02. The second-order valence-corrected chi connectivity index (χ2v) is 29.5. The van der Waals surface area contributed by atoms with Crippen molar-refractivity contribution in [3.8, 4) is 0 Å². The smallest absolute Gasteiger partial charge is 0.329 e. The molecule has 0 bridgehead atoms. The van der Waals surface area contributed by atoms with E-state index in [2.05, 4.69) is 34.1 Å². The number of carboxylic acids is 2. The van der Waals surface area contributed by atoms with Gasteiger partial charge in [-0.2, -0.15) is 0 Å². The highest BCUT2D eigenvalue weighted by molar-refractivity contribution is 7.88. The summed E-state index contributed by atoms with van der Waals surface area (Å²) >= 11 is 36.4. The Labute approximate surface area is 582 Å². The molecule has 9 rings (SSSR count). The van der Waals surface area contributed by atoms with Crippen LogP contribution in [-0.4, -0.2) is 293 Å². The minimum Gasteiger partial charge on any atom is -0.481 e. The Balaban J connectivity index is 0.000000200. The topological polar surface area (TPSA) is 263 Å². The SMILES string of the molecule is CN1CCN(C(=O)Cc2ccc(Cl)c(Cl)c2)[C@H](CN2CCCC2)[C@@H]1CNS(C)(=O)=O.CN1CCN(C(=O)Cc2ccc(Cl)c(Cl)c2)[C@H](CN2CCCC2)[C@@H]1COC(=O)[C@@H](N)CC(=O)O.CN1CCN(C(=O)Cc2ccc(Cl)c(Cl)c2)[C@H](CN2CCCC2)[C@@H]1COCC(=O)O. The van der Waals surface area contributed by atoms with Crippen molar-refractivity contribution in [2.24, 2.45) is 5.73 Å². The molecule has 0 aromatic heterocycles. The van der Waals surface area contributed by atoms with Crippen LogP contribution in [0.1, 0.15) is 61.6 Å². The predicted molar refractivity (Wildman–Crippen MR) is 366 cm³/mol. The minimum absolute atomic E-state index is 0.0232. The lowest BCUT2D eigenvalue weighted by molar-refractivity contribution is -0.153. The summed E-state index contributed by atoms with van der Waals surface area (Å²) in [6.07, 6.45) is 8.23. The fourth-order valence-corrected chi connectivity index (χ4v) is 14.6. The van der Waals surface area contributed by atoms with Gasteiger partial charge in [-0.05, 0) is 152 Å². The molecule has 3 amide bonds. The van der Waals surface area contributed by atoms with E-state index in [4.69, 9.17) is 95.0 Å². The van der Waals surface area contributed by atoms with E-state index < -0.39 is 40.4 Å². The Morgan fingerprint density at radius 3 is 1.17 bits per heavy atom. The van der Waals surface area contributed by atoms with Gasteiger partial charge in [0.25, 0.3) is 0 Å². The number of benzene rings is 3. The molecule has 0 spiro atoms. The summed E-state index contributed by atoms with van der Waals surface area (Å²) in [7, 11) is 2.62. The van der Waals surface area contributed by atoms with Crippen molar-refractivity contribution in [3.63, 3.8) is 0 Å². The number of esters is 1. The van der Waals surface area contributed by atoms with E-state index in [-0.39, 0.29) is 99.6 Å². The van der Waals surface area contributed by atoms with Gasteiger partial charge in [-0.3, -0.25) is 38.7 Å². The van der Waals surface area contributed by atoms with Gasteiger partial charge < -0.3 is 54.8 Å². The van der Waals surface area contributed by atoms with Gasteiger partial charge in [0.05, 0.1) is 98.9 Å². The van der Waals surface area contributed by atoms with Crippen LogP contribution in [0.15, 0.2) is 54.6 Å². The van der Waals surface area contributed by atoms with E-state index in [0.29, 0.717) is 75.9 Å². The van der Waals surface area contributed by atoms with Crippen LogP contribution in [-0.2, 0) is 67.5 Å². The van der Waals surface area contributed by atoms with Gasteiger partial charge in [0.15, 0.2) is 0 Å². The summed E-state index contributed by atoms with van der Waals surface area (Å²) < 4.78 is 36.9. The molecule has 0 saturated carbocycles. The zero-order valence-corrected chi connectivity index (χ0v) is 59.4. The van der Waals surface area contributed by atoms with Crippen LogP contribution in [0.3, 0.4) is 0 Å². The maximum atomic E-state index is 13.4. The maximum absolute atomic E-state index is 13.4. The Hall–Kier alpha value is -4.19. The molecular formula is C64H91Cl6N11O12S. The molecule has 3 aromatic carbocycles. The summed E-state index contributed by atoms with van der Waals surface area (Å²) in [4.78, 5) is 93.1. The molecule has 6 aliphatic heterocycles. The first-order valence-electron chi connectivity index (χ1n) is 32.0. The Morgan fingerprint density at radius 2 is 0.840 bits per heavy atom. The van der Waals surface area contributed by atoms with Crippen molar-refractivity contribution in [1.82, 2.24) is 48.8 Å². The van der Waals surface area contributed by atoms with Gasteiger partial charge in [-0.25, -0.2) is 17.9 Å². The van der Waals surface area contributed by atoms with Crippen LogP contribution >= 0.6 is 69.6 Å². The number of carboxylic acid groups (broad SMARTS) is 2. The number of sulfonamides is 1. The number of likely N-dealkylation sites (N-methyl/N-ethyl adjacent to an activating group) is 3. The third kappa shape index (κ3) is 23.5. The summed E-state index contributed by atoms with van der Waals surface area (Å²) in [5.41, 5.74) is 8.08. The maximum Gasteiger partial charge on any atom is 0.329 e. The molecule has 30 heteroatoms. The van der Waals surface area contributed by atoms with Gasteiger partial charge in [-0.15, -0.1) is 0 Å². The van der Waals surface area contributed by atoms with Crippen LogP contribution in [0, 0.1) is 0 Å². The number of hydrogen-bond donors (Lipinski definition) is 4. The number of nitrogens with two attached hydrogens (primary N) is 1. The molecule has 94 heavy (non-hydrogen) atoms. The van der Waals surface area contributed by atoms with Crippen LogP contribution in [0.25, 0.3) is 0 Å². The molecule has 6 fully saturated rings. The molecule has 23 nitrogen and oxygen atoms in total. The number of ether oxygens (including phenoxy) is 2. The first-order chi connectivity index (χ1) is 44.6. The summed E-state index contributed by atoms with van der Waals surface area (Å²) in [5, 5.41) is 20.4. The van der Waals surface area contributed by atoms with Crippen molar-refractivity contribution < 1.29 is 56.9 Å². The molecular weight excluding hydrogens is 1360 g/mol. The summed E-state index contributed by atoms with van der Waals surface area (Å²) in [5.74, 6) is -2.88. The molecule has 522 valence electrons. The third-order valence-corrected chi connectivity index (χ3v) is 21.3. The zero-order valence-electron chi connectivity index (χ0n) is 54.0. The second kappa shape index (κ2) is 37.1. The molecule has 5 N–H and O–H groups in total.